The number of amides is 1. The summed E-state index contributed by atoms with van der Waals surface area (Å²) in [6.07, 6.45) is 1.80. The quantitative estimate of drug-likeness (QED) is 0.586. The van der Waals surface area contributed by atoms with Gasteiger partial charge in [-0.15, -0.1) is 0 Å². The van der Waals surface area contributed by atoms with Crippen molar-refractivity contribution < 1.29 is 19.0 Å². The zero-order valence-corrected chi connectivity index (χ0v) is 14.3. The molecule has 1 fully saturated rings. The smallest absolute Gasteiger partial charge is 0.266 e. The largest absolute Gasteiger partial charge is 0.493 e. The average Bonchev–Trinajstić information content (AvgIpc) is 2.79. The number of thiocarbonyl (C=S) groups is 1. The van der Waals surface area contributed by atoms with Gasteiger partial charge in [0, 0.05) is 7.11 Å². The van der Waals surface area contributed by atoms with Crippen LogP contribution in [0, 0.1) is 0 Å². The predicted octanol–water partition coefficient (Wildman–Crippen LogP) is 2.55. The van der Waals surface area contributed by atoms with Crippen LogP contribution in [0.5, 0.6) is 11.5 Å². The molecule has 22 heavy (non-hydrogen) atoms. The molecule has 2 rings (SSSR count). The molecule has 1 aliphatic heterocycles. The third-order valence-electron chi connectivity index (χ3n) is 3.10. The first-order chi connectivity index (χ1) is 10.6. The first-order valence-electron chi connectivity index (χ1n) is 6.57. The molecule has 0 saturated carbocycles. The van der Waals surface area contributed by atoms with Crippen molar-refractivity contribution in [1.29, 1.82) is 0 Å². The molecule has 118 valence electrons. The van der Waals surface area contributed by atoms with Gasteiger partial charge >= 0.3 is 0 Å². The minimum Gasteiger partial charge on any atom is -0.493 e. The highest BCUT2D eigenvalue weighted by molar-refractivity contribution is 8.26. The van der Waals surface area contributed by atoms with Gasteiger partial charge in [-0.3, -0.25) is 9.69 Å². The Morgan fingerprint density at radius 2 is 1.95 bits per heavy atom. The third-order valence-corrected chi connectivity index (χ3v) is 4.48. The molecule has 0 spiro atoms. The summed E-state index contributed by atoms with van der Waals surface area (Å²) in [5, 5.41) is 0. The van der Waals surface area contributed by atoms with Gasteiger partial charge in [0.1, 0.15) is 4.32 Å². The Hall–Kier alpha value is -1.57. The van der Waals surface area contributed by atoms with Crippen LogP contribution in [0.2, 0.25) is 0 Å². The van der Waals surface area contributed by atoms with Crippen LogP contribution in [0.1, 0.15) is 5.56 Å². The van der Waals surface area contributed by atoms with Crippen molar-refractivity contribution in [1.82, 2.24) is 4.90 Å². The number of ether oxygens (including phenoxy) is 3. The molecule has 1 aliphatic rings. The van der Waals surface area contributed by atoms with Gasteiger partial charge in [-0.05, 0) is 23.8 Å². The Kier molecular flexibility index (Phi) is 5.82. The summed E-state index contributed by atoms with van der Waals surface area (Å²) in [5.74, 6) is 1.17. The first kappa shape index (κ1) is 16.8. The van der Waals surface area contributed by atoms with E-state index in [-0.39, 0.29) is 5.91 Å². The molecule has 0 unspecified atom stereocenters. The van der Waals surface area contributed by atoms with Crippen LogP contribution in [-0.2, 0) is 9.53 Å². The summed E-state index contributed by atoms with van der Waals surface area (Å²) in [6.45, 7) is 0.917. The van der Waals surface area contributed by atoms with E-state index in [1.807, 2.05) is 12.1 Å². The number of hydrogen-bond acceptors (Lipinski definition) is 6. The van der Waals surface area contributed by atoms with E-state index in [1.165, 1.54) is 11.8 Å². The molecule has 1 amide bonds. The lowest BCUT2D eigenvalue weighted by atomic mass is 10.2. The topological polar surface area (TPSA) is 48.0 Å². The monoisotopic (exact) mass is 339 g/mol. The number of thioether (sulfide) groups is 1. The van der Waals surface area contributed by atoms with E-state index in [9.17, 15) is 4.79 Å². The second kappa shape index (κ2) is 7.62. The van der Waals surface area contributed by atoms with E-state index in [2.05, 4.69) is 0 Å². The number of carbonyl (C=O) groups excluding carboxylic acids is 1. The SMILES string of the molecule is COCCN1C(=O)C(=Cc2ccc(OC)c(OC)c2)SC1=S. The number of rotatable bonds is 6. The highest BCUT2D eigenvalue weighted by Crippen LogP contribution is 2.34. The van der Waals surface area contributed by atoms with Gasteiger partial charge < -0.3 is 14.2 Å². The minimum atomic E-state index is -0.0955. The Labute approximate surface area is 139 Å². The zero-order chi connectivity index (χ0) is 16.1. The van der Waals surface area contributed by atoms with Gasteiger partial charge in [-0.2, -0.15) is 0 Å². The van der Waals surface area contributed by atoms with Crippen molar-refractivity contribution in [2.45, 2.75) is 0 Å². The van der Waals surface area contributed by atoms with Gasteiger partial charge in [-0.25, -0.2) is 0 Å². The van der Waals surface area contributed by atoms with E-state index < -0.39 is 0 Å². The number of methoxy groups -OCH3 is 3. The van der Waals surface area contributed by atoms with Crippen LogP contribution in [-0.4, -0.2) is 49.6 Å². The maximum absolute atomic E-state index is 12.3. The second-order valence-corrected chi connectivity index (χ2v) is 6.12. The summed E-state index contributed by atoms with van der Waals surface area (Å²) >= 11 is 6.53. The Balaban J connectivity index is 2.23. The standard InChI is InChI=1S/C15H17NO4S2/c1-18-7-6-16-14(17)13(22-15(16)21)9-10-4-5-11(19-2)12(8-10)20-3/h4-5,8-9H,6-7H2,1-3H3. The van der Waals surface area contributed by atoms with Crippen molar-refractivity contribution in [2.24, 2.45) is 0 Å². The molecule has 0 aliphatic carbocycles. The molecule has 0 radical (unpaired) electrons. The molecule has 0 bridgehead atoms. The van der Waals surface area contributed by atoms with Crippen molar-refractivity contribution in [2.75, 3.05) is 34.5 Å². The summed E-state index contributed by atoms with van der Waals surface area (Å²) in [7, 11) is 4.75. The lowest BCUT2D eigenvalue weighted by molar-refractivity contribution is -0.122. The van der Waals surface area contributed by atoms with Gasteiger partial charge in [0.05, 0.1) is 32.3 Å². The van der Waals surface area contributed by atoms with Crippen LogP contribution in [0.25, 0.3) is 6.08 Å². The fourth-order valence-corrected chi connectivity index (χ4v) is 3.28. The fourth-order valence-electron chi connectivity index (χ4n) is 1.97. The lowest BCUT2D eigenvalue weighted by Crippen LogP contribution is -2.31. The van der Waals surface area contributed by atoms with Crippen LogP contribution in [0.4, 0.5) is 0 Å². The second-order valence-electron chi connectivity index (χ2n) is 4.44. The zero-order valence-electron chi connectivity index (χ0n) is 12.6. The Bertz CT molecular complexity index is 616. The van der Waals surface area contributed by atoms with Crippen molar-refractivity contribution in [3.05, 3.63) is 28.7 Å². The summed E-state index contributed by atoms with van der Waals surface area (Å²) in [4.78, 5) is 14.5. The van der Waals surface area contributed by atoms with E-state index in [4.69, 9.17) is 26.4 Å². The van der Waals surface area contributed by atoms with E-state index >= 15 is 0 Å². The maximum atomic E-state index is 12.3. The number of hydrogen-bond donors (Lipinski definition) is 0. The van der Waals surface area contributed by atoms with Crippen LogP contribution >= 0.6 is 24.0 Å². The molecule has 5 nitrogen and oxygen atoms in total. The van der Waals surface area contributed by atoms with Crippen LogP contribution < -0.4 is 9.47 Å². The number of nitrogens with zero attached hydrogens (tertiary/aromatic N) is 1. The summed E-state index contributed by atoms with van der Waals surface area (Å²) in [6, 6.07) is 5.49. The number of carbonyl (C=O) groups is 1. The van der Waals surface area contributed by atoms with Crippen molar-refractivity contribution in [3.8, 4) is 11.5 Å². The fraction of sp³-hybridized carbons (Fsp3) is 0.333. The van der Waals surface area contributed by atoms with Gasteiger partial charge in [0.2, 0.25) is 0 Å². The minimum absolute atomic E-state index is 0.0955. The highest BCUT2D eigenvalue weighted by atomic mass is 32.2. The summed E-state index contributed by atoms with van der Waals surface area (Å²) < 4.78 is 16.0. The van der Waals surface area contributed by atoms with Crippen LogP contribution in [0.3, 0.4) is 0 Å². The molecular formula is C15H17NO4S2. The summed E-state index contributed by atoms with van der Waals surface area (Å²) in [5.41, 5.74) is 0.852. The van der Waals surface area contributed by atoms with Crippen molar-refractivity contribution in [3.63, 3.8) is 0 Å². The average molecular weight is 339 g/mol. The Morgan fingerprint density at radius 1 is 1.23 bits per heavy atom. The van der Waals surface area contributed by atoms with Crippen molar-refractivity contribution >= 4 is 40.3 Å². The molecule has 1 aromatic carbocycles. The highest BCUT2D eigenvalue weighted by Gasteiger charge is 2.31. The lowest BCUT2D eigenvalue weighted by Gasteiger charge is -2.13. The van der Waals surface area contributed by atoms with E-state index in [1.54, 1.807) is 38.4 Å². The molecule has 1 heterocycles. The normalized spacial score (nSPS) is 16.5. The first-order valence-corrected chi connectivity index (χ1v) is 7.79. The molecule has 0 N–H and O–H groups in total. The molecule has 0 aromatic heterocycles. The van der Waals surface area contributed by atoms with Gasteiger partial charge in [0.25, 0.3) is 5.91 Å². The predicted molar refractivity (Wildman–Crippen MR) is 91.3 cm³/mol. The Morgan fingerprint density at radius 3 is 2.59 bits per heavy atom. The molecule has 1 aromatic rings. The molecule has 7 heteroatoms. The van der Waals surface area contributed by atoms with E-state index in [0.717, 1.165) is 5.56 Å². The number of benzene rings is 1. The maximum Gasteiger partial charge on any atom is 0.266 e. The van der Waals surface area contributed by atoms with Gasteiger partial charge in [0.15, 0.2) is 11.5 Å². The van der Waals surface area contributed by atoms with Gasteiger partial charge in [-0.1, -0.05) is 30.0 Å². The molecule has 1 saturated heterocycles. The van der Waals surface area contributed by atoms with E-state index in [0.29, 0.717) is 33.9 Å². The van der Waals surface area contributed by atoms with Crippen LogP contribution in [0.15, 0.2) is 23.1 Å². The third kappa shape index (κ3) is 3.60. The molecule has 0 atom stereocenters. The molecular weight excluding hydrogens is 322 g/mol.